The number of unbranched alkanes of at least 4 members (excludes halogenated alkanes) is 3. The lowest BCUT2D eigenvalue weighted by Gasteiger charge is -2.38. The van der Waals surface area contributed by atoms with E-state index in [2.05, 4.69) is 6.92 Å². The van der Waals surface area contributed by atoms with Gasteiger partial charge in [-0.3, -0.25) is 0 Å². The first-order valence-corrected chi connectivity index (χ1v) is 16.5. The van der Waals surface area contributed by atoms with Gasteiger partial charge in [-0.05, 0) is 135 Å². The molecule has 2 aromatic carbocycles. The smallest absolute Gasteiger partial charge is 0.194 e. The maximum atomic E-state index is 15.4. The van der Waals surface area contributed by atoms with Gasteiger partial charge in [0, 0.05) is 5.56 Å². The highest BCUT2D eigenvalue weighted by Crippen LogP contribution is 2.46. The van der Waals surface area contributed by atoms with Crippen LogP contribution < -0.4 is 0 Å². The molecule has 5 heteroatoms. The van der Waals surface area contributed by atoms with E-state index in [1.165, 1.54) is 57.8 Å². The molecule has 0 N–H and O–H groups in total. The Kier molecular flexibility index (Phi) is 10.5. The maximum Gasteiger partial charge on any atom is 0.194 e. The van der Waals surface area contributed by atoms with Crippen molar-refractivity contribution in [3.63, 3.8) is 0 Å². The van der Waals surface area contributed by atoms with E-state index >= 15 is 8.78 Å². The van der Waals surface area contributed by atoms with Crippen LogP contribution in [0, 0.1) is 46.8 Å². The average Bonchev–Trinajstić information content (AvgIpc) is 2.98. The van der Waals surface area contributed by atoms with E-state index in [1.807, 2.05) is 0 Å². The third kappa shape index (κ3) is 7.36. The maximum absolute atomic E-state index is 15.4. The largest absolute Gasteiger partial charge is 0.207 e. The van der Waals surface area contributed by atoms with Crippen molar-refractivity contribution in [3.05, 3.63) is 70.0 Å². The van der Waals surface area contributed by atoms with Gasteiger partial charge in [-0.2, -0.15) is 0 Å². The van der Waals surface area contributed by atoms with Crippen LogP contribution in [0.4, 0.5) is 22.0 Å². The third-order valence-electron chi connectivity index (χ3n) is 11.0. The number of rotatable bonds is 9. The molecule has 0 nitrogen and oxygen atoms in total. The van der Waals surface area contributed by atoms with Gasteiger partial charge in [0.05, 0.1) is 0 Å². The fraction of sp³-hybridized carbons (Fsp3) is 0.667. The second kappa shape index (κ2) is 14.0. The van der Waals surface area contributed by atoms with Gasteiger partial charge in [0.25, 0.3) is 0 Å². The van der Waals surface area contributed by atoms with Crippen LogP contribution in [-0.4, -0.2) is 0 Å². The molecule has 0 amide bonds. The van der Waals surface area contributed by atoms with Gasteiger partial charge < -0.3 is 0 Å². The molecule has 226 valence electrons. The van der Waals surface area contributed by atoms with Crippen molar-refractivity contribution in [3.8, 4) is 0 Å². The Balaban J connectivity index is 1.12. The van der Waals surface area contributed by atoms with E-state index in [0.717, 1.165) is 61.1 Å². The highest BCUT2D eigenvalue weighted by molar-refractivity contribution is 5.32. The van der Waals surface area contributed by atoms with Crippen molar-refractivity contribution in [1.82, 2.24) is 0 Å². The van der Waals surface area contributed by atoms with Gasteiger partial charge in [0.1, 0.15) is 11.6 Å². The number of benzene rings is 2. The first-order valence-electron chi connectivity index (χ1n) is 16.5. The highest BCUT2D eigenvalue weighted by atomic mass is 19.2. The summed E-state index contributed by atoms with van der Waals surface area (Å²) in [4.78, 5) is 0. The van der Waals surface area contributed by atoms with E-state index < -0.39 is 29.1 Å². The predicted octanol–water partition coefficient (Wildman–Crippen LogP) is 11.9. The second-order valence-electron chi connectivity index (χ2n) is 13.5. The molecule has 0 saturated heterocycles. The monoisotopic (exact) mass is 574 g/mol. The van der Waals surface area contributed by atoms with E-state index in [1.54, 1.807) is 12.1 Å². The number of halogens is 5. The molecule has 3 saturated carbocycles. The van der Waals surface area contributed by atoms with Crippen LogP contribution >= 0.6 is 0 Å². The van der Waals surface area contributed by atoms with Crippen molar-refractivity contribution in [2.75, 3.05) is 0 Å². The quantitative estimate of drug-likeness (QED) is 0.159. The first kappa shape index (κ1) is 30.5. The van der Waals surface area contributed by atoms with Crippen LogP contribution in [0.25, 0.3) is 0 Å². The average molecular weight is 575 g/mol. The molecule has 3 aliphatic carbocycles. The van der Waals surface area contributed by atoms with Crippen molar-refractivity contribution < 1.29 is 22.0 Å². The topological polar surface area (TPSA) is 0 Å². The molecule has 0 unspecified atom stereocenters. The second-order valence-corrected chi connectivity index (χ2v) is 13.5. The standard InChI is InChI=1S/C36H47F5/c1-2-3-4-5-6-23-7-9-24(10-8-23)25-11-13-26(14-12-25)29-19-31(37)35(32(38)20-29)28-17-15-27(16-18-28)30-21-33(39)36(41)34(40)22-30/h19-28H,2-18H2,1H3. The first-order chi connectivity index (χ1) is 19.8. The lowest BCUT2D eigenvalue weighted by Crippen LogP contribution is -2.25. The summed E-state index contributed by atoms with van der Waals surface area (Å²) >= 11 is 0. The van der Waals surface area contributed by atoms with Crippen molar-refractivity contribution in [2.45, 2.75) is 134 Å². The Morgan fingerprint density at radius 3 is 1.46 bits per heavy atom. The van der Waals surface area contributed by atoms with Gasteiger partial charge in [0.2, 0.25) is 0 Å². The Morgan fingerprint density at radius 1 is 0.512 bits per heavy atom. The molecule has 0 aliphatic heterocycles. The molecule has 3 aliphatic rings. The minimum Gasteiger partial charge on any atom is -0.207 e. The third-order valence-corrected chi connectivity index (χ3v) is 11.0. The van der Waals surface area contributed by atoms with Gasteiger partial charge in [-0.25, -0.2) is 22.0 Å². The Morgan fingerprint density at radius 2 is 0.951 bits per heavy atom. The normalized spacial score (nSPS) is 29.0. The summed E-state index contributed by atoms with van der Waals surface area (Å²) in [6.07, 6.45) is 18.8. The minimum absolute atomic E-state index is 0.141. The molecule has 0 atom stereocenters. The molecule has 0 bridgehead atoms. The highest BCUT2D eigenvalue weighted by Gasteiger charge is 2.33. The zero-order chi connectivity index (χ0) is 28.9. The summed E-state index contributed by atoms with van der Waals surface area (Å²) < 4.78 is 71.5. The predicted molar refractivity (Wildman–Crippen MR) is 156 cm³/mol. The van der Waals surface area contributed by atoms with Crippen LogP contribution in [0.15, 0.2) is 24.3 Å². The van der Waals surface area contributed by atoms with Crippen molar-refractivity contribution >= 4 is 0 Å². The molecular formula is C36H47F5. The van der Waals surface area contributed by atoms with Crippen LogP contribution in [0.5, 0.6) is 0 Å². The van der Waals surface area contributed by atoms with E-state index in [0.29, 0.717) is 31.2 Å². The van der Waals surface area contributed by atoms with Crippen LogP contribution in [0.3, 0.4) is 0 Å². The van der Waals surface area contributed by atoms with Crippen LogP contribution in [-0.2, 0) is 0 Å². The zero-order valence-electron chi connectivity index (χ0n) is 24.7. The Labute approximate surface area is 243 Å². The fourth-order valence-corrected chi connectivity index (χ4v) is 8.49. The van der Waals surface area contributed by atoms with Gasteiger partial charge in [-0.15, -0.1) is 0 Å². The summed E-state index contributed by atoms with van der Waals surface area (Å²) in [5.74, 6) is -2.42. The SMILES string of the molecule is CCCCCCC1CCC(C2CCC(c3cc(F)c(C4CCC(c5cc(F)c(F)c(F)c5)CC4)c(F)c3)CC2)CC1. The molecule has 2 aromatic rings. The van der Waals surface area contributed by atoms with Crippen molar-refractivity contribution in [1.29, 1.82) is 0 Å². The Hall–Kier alpha value is -1.91. The van der Waals surface area contributed by atoms with Gasteiger partial charge >= 0.3 is 0 Å². The number of hydrogen-bond acceptors (Lipinski definition) is 0. The lowest BCUT2D eigenvalue weighted by atomic mass is 9.68. The molecular weight excluding hydrogens is 527 g/mol. The minimum atomic E-state index is -1.46. The van der Waals surface area contributed by atoms with Gasteiger partial charge in [-0.1, -0.05) is 51.9 Å². The lowest BCUT2D eigenvalue weighted by molar-refractivity contribution is 0.155. The Bertz CT molecular complexity index is 1090. The summed E-state index contributed by atoms with van der Waals surface area (Å²) in [5.41, 5.74) is 1.37. The van der Waals surface area contributed by atoms with Crippen LogP contribution in [0.1, 0.15) is 151 Å². The molecule has 0 heterocycles. The fourth-order valence-electron chi connectivity index (χ4n) is 8.49. The summed E-state index contributed by atoms with van der Waals surface area (Å²) in [5, 5.41) is 0. The molecule has 0 aromatic heterocycles. The van der Waals surface area contributed by atoms with Gasteiger partial charge in [0.15, 0.2) is 17.5 Å². The summed E-state index contributed by atoms with van der Waals surface area (Å²) in [6, 6.07) is 5.25. The van der Waals surface area contributed by atoms with Crippen molar-refractivity contribution in [2.24, 2.45) is 17.8 Å². The molecule has 3 fully saturated rings. The molecule has 0 radical (unpaired) electrons. The summed E-state index contributed by atoms with van der Waals surface area (Å²) in [7, 11) is 0. The molecule has 41 heavy (non-hydrogen) atoms. The van der Waals surface area contributed by atoms with Crippen LogP contribution in [0.2, 0.25) is 0 Å². The van der Waals surface area contributed by atoms with E-state index in [4.69, 9.17) is 0 Å². The zero-order valence-corrected chi connectivity index (χ0v) is 24.7. The molecule has 0 spiro atoms. The number of hydrogen-bond donors (Lipinski definition) is 0. The van der Waals surface area contributed by atoms with E-state index in [9.17, 15) is 13.2 Å². The molecule has 5 rings (SSSR count). The van der Waals surface area contributed by atoms with E-state index in [-0.39, 0.29) is 23.3 Å². The summed E-state index contributed by atoms with van der Waals surface area (Å²) in [6.45, 7) is 2.27.